The van der Waals surface area contributed by atoms with Crippen molar-refractivity contribution in [3.63, 3.8) is 0 Å². The van der Waals surface area contributed by atoms with E-state index in [9.17, 15) is 14.9 Å². The number of nitrogens with zero attached hydrogens (tertiary/aromatic N) is 1. The normalized spacial score (nSPS) is 10.2. The number of rotatable bonds is 4. The van der Waals surface area contributed by atoms with Crippen molar-refractivity contribution >= 4 is 17.3 Å². The summed E-state index contributed by atoms with van der Waals surface area (Å²) in [5, 5.41) is 13.6. The van der Waals surface area contributed by atoms with Crippen LogP contribution in [0.15, 0.2) is 42.5 Å². The third-order valence-electron chi connectivity index (χ3n) is 3.39. The van der Waals surface area contributed by atoms with Crippen molar-refractivity contribution in [3.8, 4) is 0 Å². The number of nitrogens with one attached hydrogen (secondary N) is 1. The summed E-state index contributed by atoms with van der Waals surface area (Å²) in [6, 6.07) is 12.3. The van der Waals surface area contributed by atoms with Crippen LogP contribution in [0.1, 0.15) is 16.7 Å². The first-order valence-corrected chi connectivity index (χ1v) is 6.57. The van der Waals surface area contributed by atoms with Gasteiger partial charge in [-0.15, -0.1) is 0 Å². The van der Waals surface area contributed by atoms with Gasteiger partial charge in [0, 0.05) is 6.07 Å². The molecule has 1 N–H and O–H groups in total. The Bertz CT molecular complexity index is 696. The zero-order valence-electron chi connectivity index (χ0n) is 11.9. The van der Waals surface area contributed by atoms with E-state index >= 15 is 0 Å². The quantitative estimate of drug-likeness (QED) is 0.691. The fraction of sp³-hybridized carbons (Fsp3) is 0.188. The number of benzene rings is 2. The predicted octanol–water partition coefficient (Wildman–Crippen LogP) is 3.39. The summed E-state index contributed by atoms with van der Waals surface area (Å²) in [6.07, 6.45) is 0.245. The Labute approximate surface area is 122 Å². The first-order chi connectivity index (χ1) is 9.99. The van der Waals surface area contributed by atoms with E-state index in [0.717, 1.165) is 11.1 Å². The Kier molecular flexibility index (Phi) is 4.33. The molecule has 0 aromatic heterocycles. The third kappa shape index (κ3) is 3.45. The average Bonchev–Trinajstić information content (AvgIpc) is 2.43. The summed E-state index contributed by atoms with van der Waals surface area (Å²) in [6.45, 7) is 3.57. The topological polar surface area (TPSA) is 72.2 Å². The minimum absolute atomic E-state index is 0.00342. The Morgan fingerprint density at radius 1 is 1.14 bits per heavy atom. The van der Waals surface area contributed by atoms with E-state index in [0.29, 0.717) is 11.3 Å². The molecule has 0 aliphatic rings. The molecule has 0 atom stereocenters. The molecule has 0 aliphatic heterocycles. The summed E-state index contributed by atoms with van der Waals surface area (Å²) in [5.41, 5.74) is 2.92. The highest BCUT2D eigenvalue weighted by atomic mass is 16.6. The SMILES string of the molecule is Cc1ccccc1CC(=O)Nc1cccc([N+](=O)[O-])c1C. The van der Waals surface area contributed by atoms with Gasteiger partial charge in [-0.3, -0.25) is 14.9 Å². The molecular weight excluding hydrogens is 268 g/mol. The molecular formula is C16H16N2O3. The average molecular weight is 284 g/mol. The lowest BCUT2D eigenvalue weighted by atomic mass is 10.1. The van der Waals surface area contributed by atoms with Crippen LogP contribution >= 0.6 is 0 Å². The van der Waals surface area contributed by atoms with Crippen molar-refractivity contribution in [2.45, 2.75) is 20.3 Å². The maximum absolute atomic E-state index is 12.1. The highest BCUT2D eigenvalue weighted by Gasteiger charge is 2.15. The maximum atomic E-state index is 12.1. The number of hydrogen-bond acceptors (Lipinski definition) is 3. The molecule has 2 aromatic rings. The minimum atomic E-state index is -0.452. The number of carbonyl (C=O) groups excluding carboxylic acids is 1. The van der Waals surface area contributed by atoms with Gasteiger partial charge in [0.05, 0.1) is 22.6 Å². The van der Waals surface area contributed by atoms with E-state index in [1.165, 1.54) is 6.07 Å². The molecule has 1 amide bonds. The van der Waals surface area contributed by atoms with E-state index in [1.54, 1.807) is 19.1 Å². The van der Waals surface area contributed by atoms with Gasteiger partial charge in [-0.2, -0.15) is 0 Å². The molecule has 0 radical (unpaired) electrons. The highest BCUT2D eigenvalue weighted by Crippen LogP contribution is 2.25. The van der Waals surface area contributed by atoms with Crippen LogP contribution in [0.3, 0.4) is 0 Å². The Balaban J connectivity index is 2.15. The number of nitro groups is 1. The molecule has 21 heavy (non-hydrogen) atoms. The van der Waals surface area contributed by atoms with Crippen LogP contribution in [0.25, 0.3) is 0 Å². The van der Waals surface area contributed by atoms with Gasteiger partial charge in [-0.25, -0.2) is 0 Å². The van der Waals surface area contributed by atoms with Crippen LogP contribution in [-0.4, -0.2) is 10.8 Å². The molecule has 0 saturated heterocycles. The molecule has 0 saturated carbocycles. The number of carbonyl (C=O) groups is 1. The van der Waals surface area contributed by atoms with Gasteiger partial charge in [-0.05, 0) is 31.0 Å². The number of amides is 1. The molecule has 0 fully saturated rings. The molecule has 0 unspecified atom stereocenters. The number of nitro benzene ring substituents is 1. The van der Waals surface area contributed by atoms with Gasteiger partial charge in [0.2, 0.25) is 5.91 Å². The van der Waals surface area contributed by atoms with Crippen LogP contribution in [0.2, 0.25) is 0 Å². The second-order valence-corrected chi connectivity index (χ2v) is 4.86. The number of anilines is 1. The van der Waals surface area contributed by atoms with E-state index in [2.05, 4.69) is 5.32 Å². The third-order valence-corrected chi connectivity index (χ3v) is 3.39. The molecule has 5 heteroatoms. The van der Waals surface area contributed by atoms with Crippen molar-refractivity contribution in [3.05, 3.63) is 69.3 Å². The smallest absolute Gasteiger partial charge is 0.274 e. The second kappa shape index (κ2) is 6.17. The van der Waals surface area contributed by atoms with Crippen LogP contribution in [0.4, 0.5) is 11.4 Å². The van der Waals surface area contributed by atoms with Crippen LogP contribution in [0, 0.1) is 24.0 Å². The first-order valence-electron chi connectivity index (χ1n) is 6.57. The van der Waals surface area contributed by atoms with Crippen molar-refractivity contribution in [1.29, 1.82) is 0 Å². The number of hydrogen-bond donors (Lipinski definition) is 1. The van der Waals surface area contributed by atoms with Gasteiger partial charge in [0.15, 0.2) is 0 Å². The minimum Gasteiger partial charge on any atom is -0.325 e. The summed E-state index contributed by atoms with van der Waals surface area (Å²) in [5.74, 6) is -0.187. The van der Waals surface area contributed by atoms with E-state index in [1.807, 2.05) is 31.2 Å². The van der Waals surface area contributed by atoms with E-state index in [-0.39, 0.29) is 18.0 Å². The van der Waals surface area contributed by atoms with Crippen molar-refractivity contribution < 1.29 is 9.72 Å². The number of aryl methyl sites for hydroxylation is 1. The second-order valence-electron chi connectivity index (χ2n) is 4.86. The first kappa shape index (κ1) is 14.7. The lowest BCUT2D eigenvalue weighted by Gasteiger charge is -2.09. The molecule has 0 spiro atoms. The van der Waals surface area contributed by atoms with Crippen molar-refractivity contribution in [2.75, 3.05) is 5.32 Å². The lowest BCUT2D eigenvalue weighted by Crippen LogP contribution is -2.16. The molecule has 2 aromatic carbocycles. The monoisotopic (exact) mass is 284 g/mol. The Morgan fingerprint density at radius 3 is 2.52 bits per heavy atom. The lowest BCUT2D eigenvalue weighted by molar-refractivity contribution is -0.385. The standard InChI is InChI=1S/C16H16N2O3/c1-11-6-3-4-7-13(11)10-16(19)17-14-8-5-9-15(12(14)2)18(20)21/h3-9H,10H2,1-2H3,(H,17,19). The zero-order valence-corrected chi connectivity index (χ0v) is 11.9. The van der Waals surface area contributed by atoms with E-state index < -0.39 is 4.92 Å². The molecule has 5 nitrogen and oxygen atoms in total. The van der Waals surface area contributed by atoms with Crippen molar-refractivity contribution in [1.82, 2.24) is 0 Å². The van der Waals surface area contributed by atoms with Gasteiger partial charge >= 0.3 is 0 Å². The fourth-order valence-corrected chi connectivity index (χ4v) is 2.13. The summed E-state index contributed by atoms with van der Waals surface area (Å²) >= 11 is 0. The van der Waals surface area contributed by atoms with Gasteiger partial charge in [-0.1, -0.05) is 30.3 Å². The zero-order chi connectivity index (χ0) is 15.4. The highest BCUT2D eigenvalue weighted by molar-refractivity contribution is 5.93. The fourth-order valence-electron chi connectivity index (χ4n) is 2.13. The van der Waals surface area contributed by atoms with Crippen LogP contribution in [-0.2, 0) is 11.2 Å². The largest absolute Gasteiger partial charge is 0.325 e. The summed E-state index contributed by atoms with van der Waals surface area (Å²) in [4.78, 5) is 22.5. The maximum Gasteiger partial charge on any atom is 0.274 e. The van der Waals surface area contributed by atoms with Crippen molar-refractivity contribution in [2.24, 2.45) is 0 Å². The summed E-state index contributed by atoms with van der Waals surface area (Å²) < 4.78 is 0. The van der Waals surface area contributed by atoms with Gasteiger partial charge < -0.3 is 5.32 Å². The molecule has 0 aliphatic carbocycles. The van der Waals surface area contributed by atoms with E-state index in [4.69, 9.17) is 0 Å². The van der Waals surface area contributed by atoms with Gasteiger partial charge in [0.25, 0.3) is 5.69 Å². The molecule has 108 valence electrons. The van der Waals surface area contributed by atoms with Gasteiger partial charge in [0.1, 0.15) is 0 Å². The Morgan fingerprint density at radius 2 is 1.86 bits per heavy atom. The van der Waals surface area contributed by atoms with Crippen LogP contribution in [0.5, 0.6) is 0 Å². The summed E-state index contributed by atoms with van der Waals surface area (Å²) in [7, 11) is 0. The molecule has 0 bridgehead atoms. The molecule has 2 rings (SSSR count). The predicted molar refractivity (Wildman–Crippen MR) is 81.3 cm³/mol. The Hall–Kier alpha value is -2.69. The van der Waals surface area contributed by atoms with Crippen LogP contribution < -0.4 is 5.32 Å². The molecule has 0 heterocycles.